The molecule has 0 fully saturated rings. The zero-order valence-corrected chi connectivity index (χ0v) is 14.2. The van der Waals surface area contributed by atoms with E-state index in [1.165, 1.54) is 12.1 Å². The molecule has 1 amide bonds. The van der Waals surface area contributed by atoms with Crippen LogP contribution in [0.15, 0.2) is 42.5 Å². The van der Waals surface area contributed by atoms with Crippen molar-refractivity contribution in [1.29, 1.82) is 0 Å². The number of hydrogen-bond acceptors (Lipinski definition) is 4. The number of esters is 1. The minimum atomic E-state index is -0.583. The van der Waals surface area contributed by atoms with Crippen LogP contribution in [0.4, 0.5) is 10.1 Å². The summed E-state index contributed by atoms with van der Waals surface area (Å²) in [4.78, 5) is 23.4. The zero-order valence-electron chi connectivity index (χ0n) is 14.2. The van der Waals surface area contributed by atoms with Gasteiger partial charge in [0.2, 0.25) is 0 Å². The maximum absolute atomic E-state index is 13.6. The second-order valence-electron chi connectivity index (χ2n) is 5.54. The molecule has 5 nitrogen and oxygen atoms in total. The standard InChI is InChI=1S/C19H20FNO4/c1-13-3-9-17(16(20)11-13)21-18(22)12-25-19(23)10-6-14-4-7-15(24-2)8-5-14/h3-5,7-9,11H,6,10,12H2,1-2H3,(H,21,22). The van der Waals surface area contributed by atoms with Gasteiger partial charge in [0, 0.05) is 6.42 Å². The van der Waals surface area contributed by atoms with Crippen molar-refractivity contribution in [2.75, 3.05) is 19.0 Å². The highest BCUT2D eigenvalue weighted by Crippen LogP contribution is 2.15. The number of amides is 1. The third-order valence-electron chi connectivity index (χ3n) is 3.54. The number of benzene rings is 2. The van der Waals surface area contributed by atoms with Crippen LogP contribution in [0, 0.1) is 12.7 Å². The van der Waals surface area contributed by atoms with Crippen molar-refractivity contribution >= 4 is 17.6 Å². The molecule has 0 atom stereocenters. The maximum Gasteiger partial charge on any atom is 0.306 e. The Balaban J connectivity index is 1.74. The van der Waals surface area contributed by atoms with Crippen LogP contribution in [0.5, 0.6) is 5.75 Å². The monoisotopic (exact) mass is 345 g/mol. The molecule has 0 unspecified atom stereocenters. The highest BCUT2D eigenvalue weighted by molar-refractivity contribution is 5.92. The summed E-state index contributed by atoms with van der Waals surface area (Å²) in [6.45, 7) is 1.30. The summed E-state index contributed by atoms with van der Waals surface area (Å²) in [6, 6.07) is 11.8. The van der Waals surface area contributed by atoms with Crippen LogP contribution in [0.2, 0.25) is 0 Å². The first-order chi connectivity index (χ1) is 12.0. The molecule has 0 saturated carbocycles. The Morgan fingerprint density at radius 3 is 2.48 bits per heavy atom. The Hall–Kier alpha value is -2.89. The molecule has 0 saturated heterocycles. The summed E-state index contributed by atoms with van der Waals surface area (Å²) in [6.07, 6.45) is 0.648. The summed E-state index contributed by atoms with van der Waals surface area (Å²) >= 11 is 0. The Bertz CT molecular complexity index is 744. The van der Waals surface area contributed by atoms with Crippen molar-refractivity contribution in [3.63, 3.8) is 0 Å². The van der Waals surface area contributed by atoms with Crippen molar-refractivity contribution in [3.8, 4) is 5.75 Å². The number of rotatable bonds is 7. The molecule has 2 aromatic rings. The van der Waals surface area contributed by atoms with Crippen LogP contribution in [-0.4, -0.2) is 25.6 Å². The van der Waals surface area contributed by atoms with E-state index in [0.29, 0.717) is 6.42 Å². The molecular formula is C19H20FNO4. The van der Waals surface area contributed by atoms with Crippen LogP contribution >= 0.6 is 0 Å². The van der Waals surface area contributed by atoms with Gasteiger partial charge in [0.15, 0.2) is 6.61 Å². The number of nitrogens with one attached hydrogen (secondary N) is 1. The van der Waals surface area contributed by atoms with E-state index in [2.05, 4.69) is 5.32 Å². The van der Waals surface area contributed by atoms with Gasteiger partial charge in [0.25, 0.3) is 5.91 Å². The zero-order chi connectivity index (χ0) is 18.2. The van der Waals surface area contributed by atoms with Crippen molar-refractivity contribution < 1.29 is 23.5 Å². The van der Waals surface area contributed by atoms with Crippen LogP contribution in [0.1, 0.15) is 17.5 Å². The lowest BCUT2D eigenvalue weighted by Gasteiger charge is -2.08. The number of methoxy groups -OCH3 is 1. The fourth-order valence-electron chi connectivity index (χ4n) is 2.16. The molecule has 25 heavy (non-hydrogen) atoms. The topological polar surface area (TPSA) is 64.6 Å². The number of carbonyl (C=O) groups excluding carboxylic acids is 2. The molecule has 1 N–H and O–H groups in total. The van der Waals surface area contributed by atoms with E-state index < -0.39 is 24.3 Å². The predicted molar refractivity (Wildman–Crippen MR) is 92.0 cm³/mol. The Morgan fingerprint density at radius 2 is 1.84 bits per heavy atom. The molecule has 0 aliphatic carbocycles. The molecule has 6 heteroatoms. The van der Waals surface area contributed by atoms with Crippen LogP contribution in [0.25, 0.3) is 0 Å². The minimum absolute atomic E-state index is 0.0601. The molecule has 0 aliphatic rings. The van der Waals surface area contributed by atoms with Crippen LogP contribution in [-0.2, 0) is 20.7 Å². The molecule has 0 heterocycles. The highest BCUT2D eigenvalue weighted by Gasteiger charge is 2.10. The Labute approximate surface area is 145 Å². The van der Waals surface area contributed by atoms with Crippen molar-refractivity contribution in [2.24, 2.45) is 0 Å². The summed E-state index contributed by atoms with van der Waals surface area (Å²) < 4.78 is 23.6. The van der Waals surface area contributed by atoms with Gasteiger partial charge in [0.05, 0.1) is 12.8 Å². The van der Waals surface area contributed by atoms with Gasteiger partial charge in [-0.25, -0.2) is 4.39 Å². The van der Waals surface area contributed by atoms with Gasteiger partial charge in [-0.3, -0.25) is 9.59 Å². The molecule has 0 bridgehead atoms. The van der Waals surface area contributed by atoms with Gasteiger partial charge in [-0.1, -0.05) is 18.2 Å². The lowest BCUT2D eigenvalue weighted by Crippen LogP contribution is -2.21. The average Bonchev–Trinajstić information content (AvgIpc) is 2.61. The van der Waals surface area contributed by atoms with Crippen LogP contribution < -0.4 is 10.1 Å². The number of aryl methyl sites for hydroxylation is 2. The van der Waals surface area contributed by atoms with Crippen LogP contribution in [0.3, 0.4) is 0 Å². The van der Waals surface area contributed by atoms with Crippen molar-refractivity contribution in [3.05, 3.63) is 59.4 Å². The first-order valence-electron chi connectivity index (χ1n) is 7.82. The second kappa shape index (κ2) is 8.82. The molecule has 2 rings (SSSR count). The fraction of sp³-hybridized carbons (Fsp3) is 0.263. The molecule has 0 aliphatic heterocycles. The number of halogens is 1. The third kappa shape index (κ3) is 5.91. The fourth-order valence-corrected chi connectivity index (χ4v) is 2.16. The molecule has 0 aromatic heterocycles. The molecule has 0 spiro atoms. The van der Waals surface area contributed by atoms with Crippen molar-refractivity contribution in [2.45, 2.75) is 19.8 Å². The minimum Gasteiger partial charge on any atom is -0.497 e. The maximum atomic E-state index is 13.6. The first-order valence-corrected chi connectivity index (χ1v) is 7.82. The number of hydrogen-bond donors (Lipinski definition) is 1. The van der Waals surface area contributed by atoms with Gasteiger partial charge >= 0.3 is 5.97 Å². The van der Waals surface area contributed by atoms with E-state index in [1.807, 2.05) is 24.3 Å². The first kappa shape index (κ1) is 18.4. The van der Waals surface area contributed by atoms with Gasteiger partial charge in [0.1, 0.15) is 11.6 Å². The average molecular weight is 345 g/mol. The molecular weight excluding hydrogens is 325 g/mol. The van der Waals surface area contributed by atoms with E-state index in [9.17, 15) is 14.0 Å². The largest absolute Gasteiger partial charge is 0.497 e. The number of carbonyl (C=O) groups is 2. The highest BCUT2D eigenvalue weighted by atomic mass is 19.1. The van der Waals surface area contributed by atoms with Crippen molar-refractivity contribution in [1.82, 2.24) is 0 Å². The normalized spacial score (nSPS) is 10.2. The smallest absolute Gasteiger partial charge is 0.306 e. The quantitative estimate of drug-likeness (QED) is 0.783. The van der Waals surface area contributed by atoms with Gasteiger partial charge in [-0.2, -0.15) is 0 Å². The number of anilines is 1. The SMILES string of the molecule is COc1ccc(CCC(=O)OCC(=O)Nc2ccc(C)cc2F)cc1. The molecule has 0 radical (unpaired) electrons. The van der Waals surface area contributed by atoms with E-state index in [1.54, 1.807) is 20.1 Å². The lowest BCUT2D eigenvalue weighted by atomic mass is 10.1. The van der Waals surface area contributed by atoms with E-state index in [4.69, 9.17) is 9.47 Å². The van der Waals surface area contributed by atoms with Gasteiger partial charge < -0.3 is 14.8 Å². The lowest BCUT2D eigenvalue weighted by molar-refractivity contribution is -0.147. The molecule has 2 aromatic carbocycles. The predicted octanol–water partition coefficient (Wildman–Crippen LogP) is 3.26. The summed E-state index contributed by atoms with van der Waals surface area (Å²) in [5, 5.41) is 2.37. The Kier molecular flexibility index (Phi) is 6.51. The summed E-state index contributed by atoms with van der Waals surface area (Å²) in [5.41, 5.74) is 1.77. The summed E-state index contributed by atoms with van der Waals surface area (Å²) in [7, 11) is 1.58. The van der Waals surface area contributed by atoms with Gasteiger partial charge in [-0.05, 0) is 48.7 Å². The second-order valence-corrected chi connectivity index (χ2v) is 5.54. The van der Waals surface area contributed by atoms with Gasteiger partial charge in [-0.15, -0.1) is 0 Å². The molecule has 132 valence electrons. The van der Waals surface area contributed by atoms with E-state index in [-0.39, 0.29) is 12.1 Å². The van der Waals surface area contributed by atoms with E-state index >= 15 is 0 Å². The Morgan fingerprint density at radius 1 is 1.12 bits per heavy atom. The van der Waals surface area contributed by atoms with E-state index in [0.717, 1.165) is 16.9 Å². The number of ether oxygens (including phenoxy) is 2. The summed E-state index contributed by atoms with van der Waals surface area (Å²) in [5.74, 6) is -0.860. The third-order valence-corrected chi connectivity index (χ3v) is 3.54.